The zero-order chi connectivity index (χ0) is 18.6. The average Bonchev–Trinajstić information content (AvgIpc) is 3.24. The minimum Gasteiger partial charge on any atom is -0.419 e. The maximum Gasteiger partial charge on any atom is 0.247 e. The lowest BCUT2D eigenvalue weighted by molar-refractivity contribution is -0.138. The molecule has 0 radical (unpaired) electrons. The number of likely N-dealkylation sites (tertiary alicyclic amines) is 2. The van der Waals surface area contributed by atoms with Gasteiger partial charge in [-0.3, -0.25) is 9.69 Å². The molecule has 0 bridgehead atoms. The van der Waals surface area contributed by atoms with Crippen LogP contribution in [0.15, 0.2) is 34.7 Å². The Bertz CT molecular complexity index is 747. The summed E-state index contributed by atoms with van der Waals surface area (Å²) in [6.45, 7) is 5.79. The number of nitrogens with zero attached hydrogens (tertiary/aromatic N) is 4. The summed E-state index contributed by atoms with van der Waals surface area (Å²) < 4.78 is 5.92. The van der Waals surface area contributed by atoms with Crippen LogP contribution in [0.5, 0.6) is 0 Å². The average molecular weight is 368 g/mol. The highest BCUT2D eigenvalue weighted by atomic mass is 16.4. The Morgan fingerprint density at radius 2 is 1.74 bits per heavy atom. The molecule has 6 nitrogen and oxygen atoms in total. The molecule has 2 fully saturated rings. The highest BCUT2D eigenvalue weighted by Crippen LogP contribution is 2.29. The Balaban J connectivity index is 1.34. The quantitative estimate of drug-likeness (QED) is 0.826. The van der Waals surface area contributed by atoms with E-state index in [1.54, 1.807) is 0 Å². The van der Waals surface area contributed by atoms with Crippen molar-refractivity contribution in [3.63, 3.8) is 0 Å². The summed E-state index contributed by atoms with van der Waals surface area (Å²) in [5.74, 6) is 1.75. The van der Waals surface area contributed by atoms with Crippen LogP contribution in [-0.2, 0) is 4.79 Å². The smallest absolute Gasteiger partial charge is 0.247 e. The van der Waals surface area contributed by atoms with Gasteiger partial charge in [0, 0.05) is 24.6 Å². The molecule has 27 heavy (non-hydrogen) atoms. The third-order valence-corrected chi connectivity index (χ3v) is 5.91. The lowest BCUT2D eigenvalue weighted by Gasteiger charge is -2.37. The predicted molar refractivity (Wildman–Crippen MR) is 103 cm³/mol. The molecule has 1 aromatic heterocycles. The summed E-state index contributed by atoms with van der Waals surface area (Å²) in [7, 11) is 0. The molecule has 2 aliphatic rings. The third-order valence-electron chi connectivity index (χ3n) is 5.91. The molecule has 0 N–H and O–H groups in total. The number of benzene rings is 1. The second-order valence-electron chi connectivity index (χ2n) is 7.68. The van der Waals surface area contributed by atoms with Gasteiger partial charge in [0.05, 0.1) is 6.04 Å². The van der Waals surface area contributed by atoms with Crippen molar-refractivity contribution in [1.29, 1.82) is 0 Å². The molecule has 1 unspecified atom stereocenters. The third kappa shape index (κ3) is 4.05. The molecule has 2 aliphatic heterocycles. The van der Waals surface area contributed by atoms with Gasteiger partial charge in [0.1, 0.15) is 0 Å². The van der Waals surface area contributed by atoms with Crippen LogP contribution in [0.4, 0.5) is 0 Å². The molecule has 1 aromatic carbocycles. The van der Waals surface area contributed by atoms with Crippen LogP contribution in [0.2, 0.25) is 0 Å². The van der Waals surface area contributed by atoms with Gasteiger partial charge in [0.15, 0.2) is 0 Å². The van der Waals surface area contributed by atoms with E-state index in [0.717, 1.165) is 57.4 Å². The van der Waals surface area contributed by atoms with E-state index in [0.29, 0.717) is 17.7 Å². The maximum atomic E-state index is 12.7. The van der Waals surface area contributed by atoms with Crippen molar-refractivity contribution in [3.05, 3.63) is 36.2 Å². The lowest BCUT2D eigenvalue weighted by atomic mass is 9.93. The number of amides is 1. The van der Waals surface area contributed by atoms with E-state index in [1.165, 1.54) is 6.42 Å². The molecule has 0 aliphatic carbocycles. The van der Waals surface area contributed by atoms with Crippen LogP contribution in [-0.4, -0.2) is 52.1 Å². The highest BCUT2D eigenvalue weighted by Gasteiger charge is 2.32. The summed E-state index contributed by atoms with van der Waals surface area (Å²) in [6, 6.07) is 9.92. The fraction of sp³-hybridized carbons (Fsp3) is 0.571. The second-order valence-corrected chi connectivity index (χ2v) is 7.68. The Labute approximate surface area is 160 Å². The van der Waals surface area contributed by atoms with Crippen LogP contribution >= 0.6 is 0 Å². The normalized spacial score (nSPS) is 20.6. The number of rotatable bonds is 4. The van der Waals surface area contributed by atoms with E-state index >= 15 is 0 Å². The molecule has 6 heteroatoms. The van der Waals surface area contributed by atoms with Gasteiger partial charge in [0.2, 0.25) is 17.7 Å². The predicted octanol–water partition coefficient (Wildman–Crippen LogP) is 3.52. The largest absolute Gasteiger partial charge is 0.419 e. The van der Waals surface area contributed by atoms with E-state index < -0.39 is 0 Å². The summed E-state index contributed by atoms with van der Waals surface area (Å²) in [5, 5.41) is 8.46. The van der Waals surface area contributed by atoms with Gasteiger partial charge in [-0.25, -0.2) is 0 Å². The van der Waals surface area contributed by atoms with Crippen molar-refractivity contribution in [2.24, 2.45) is 5.92 Å². The molecule has 144 valence electrons. The van der Waals surface area contributed by atoms with Crippen molar-refractivity contribution in [1.82, 2.24) is 20.0 Å². The van der Waals surface area contributed by atoms with Crippen LogP contribution in [0, 0.1) is 5.92 Å². The summed E-state index contributed by atoms with van der Waals surface area (Å²) in [6.07, 6.45) is 5.40. The number of carbonyl (C=O) groups excluding carboxylic acids is 1. The van der Waals surface area contributed by atoms with Crippen molar-refractivity contribution in [3.8, 4) is 11.5 Å². The van der Waals surface area contributed by atoms with Crippen LogP contribution in [0.3, 0.4) is 0 Å². The van der Waals surface area contributed by atoms with Crippen molar-refractivity contribution < 1.29 is 9.21 Å². The molecule has 3 heterocycles. The molecule has 1 atom stereocenters. The first kappa shape index (κ1) is 18.2. The monoisotopic (exact) mass is 368 g/mol. The summed E-state index contributed by atoms with van der Waals surface area (Å²) in [5.41, 5.74) is 0.939. The van der Waals surface area contributed by atoms with Crippen LogP contribution < -0.4 is 0 Å². The fourth-order valence-electron chi connectivity index (χ4n) is 4.16. The zero-order valence-corrected chi connectivity index (χ0v) is 16.0. The maximum absolute atomic E-state index is 12.7. The summed E-state index contributed by atoms with van der Waals surface area (Å²) >= 11 is 0. The SMILES string of the molecule is CC(c1nnc(-c2ccccc2)o1)N1CCC(C(=O)N2CCCCC2)CC1. The van der Waals surface area contributed by atoms with Crippen molar-refractivity contribution in [2.45, 2.75) is 45.1 Å². The van der Waals surface area contributed by atoms with E-state index in [1.807, 2.05) is 30.3 Å². The van der Waals surface area contributed by atoms with E-state index in [2.05, 4.69) is 26.9 Å². The van der Waals surface area contributed by atoms with Gasteiger partial charge in [-0.15, -0.1) is 10.2 Å². The molecule has 2 saturated heterocycles. The summed E-state index contributed by atoms with van der Waals surface area (Å²) in [4.78, 5) is 17.2. The molecule has 2 aromatic rings. The molecule has 0 saturated carbocycles. The Morgan fingerprint density at radius 1 is 1.04 bits per heavy atom. The number of hydrogen-bond donors (Lipinski definition) is 0. The van der Waals surface area contributed by atoms with Gasteiger partial charge in [-0.1, -0.05) is 18.2 Å². The Morgan fingerprint density at radius 3 is 2.44 bits per heavy atom. The minimum atomic E-state index is 0.0704. The van der Waals surface area contributed by atoms with E-state index in [4.69, 9.17) is 4.42 Å². The first-order chi connectivity index (χ1) is 13.2. The number of aromatic nitrogens is 2. The highest BCUT2D eigenvalue weighted by molar-refractivity contribution is 5.79. The first-order valence-corrected chi connectivity index (χ1v) is 10.1. The topological polar surface area (TPSA) is 62.5 Å². The minimum absolute atomic E-state index is 0.0704. The van der Waals surface area contributed by atoms with E-state index in [9.17, 15) is 4.79 Å². The lowest BCUT2D eigenvalue weighted by Crippen LogP contribution is -2.44. The molecule has 4 rings (SSSR count). The van der Waals surface area contributed by atoms with Crippen LogP contribution in [0.1, 0.15) is 51.0 Å². The van der Waals surface area contributed by atoms with Crippen LogP contribution in [0.25, 0.3) is 11.5 Å². The molecule has 0 spiro atoms. The first-order valence-electron chi connectivity index (χ1n) is 10.1. The Hall–Kier alpha value is -2.21. The van der Waals surface area contributed by atoms with Gasteiger partial charge in [-0.2, -0.15) is 0 Å². The van der Waals surface area contributed by atoms with Gasteiger partial charge in [0.25, 0.3) is 0 Å². The standard InChI is InChI=1S/C21H28N4O2/c1-16(19-22-23-20(27-19)17-8-4-2-5-9-17)24-14-10-18(11-15-24)21(26)25-12-6-3-7-13-25/h2,4-5,8-9,16,18H,3,6-7,10-15H2,1H3. The van der Waals surface area contributed by atoms with Gasteiger partial charge < -0.3 is 9.32 Å². The van der Waals surface area contributed by atoms with E-state index in [-0.39, 0.29) is 12.0 Å². The molecular weight excluding hydrogens is 340 g/mol. The number of piperidine rings is 2. The Kier molecular flexibility index (Phi) is 5.53. The number of carbonyl (C=O) groups is 1. The second kappa shape index (κ2) is 8.21. The van der Waals surface area contributed by atoms with Crippen molar-refractivity contribution >= 4 is 5.91 Å². The zero-order valence-electron chi connectivity index (χ0n) is 16.0. The van der Waals surface area contributed by atoms with Gasteiger partial charge in [-0.05, 0) is 64.3 Å². The fourth-order valence-corrected chi connectivity index (χ4v) is 4.16. The number of hydrogen-bond acceptors (Lipinski definition) is 5. The molecular formula is C21H28N4O2. The van der Waals surface area contributed by atoms with Crippen molar-refractivity contribution in [2.75, 3.05) is 26.2 Å². The molecule has 1 amide bonds. The van der Waals surface area contributed by atoms with Gasteiger partial charge >= 0.3 is 0 Å².